The van der Waals surface area contributed by atoms with Gasteiger partial charge in [0, 0.05) is 62.4 Å². The summed E-state index contributed by atoms with van der Waals surface area (Å²) < 4.78 is 33.9. The summed E-state index contributed by atoms with van der Waals surface area (Å²) in [6.07, 6.45) is 13.9. The lowest BCUT2D eigenvalue weighted by Gasteiger charge is -2.21. The Hall–Kier alpha value is -8.66. The van der Waals surface area contributed by atoms with Crippen LogP contribution in [-0.2, 0) is 9.47 Å². The number of amides is 1. The van der Waals surface area contributed by atoms with Gasteiger partial charge in [0.1, 0.15) is 39.8 Å². The first-order valence-electron chi connectivity index (χ1n) is 25.9. The Morgan fingerprint density at radius 3 is 1.51 bits per heavy atom. The number of nitro groups is 1. The molecule has 2 saturated carbocycles. The summed E-state index contributed by atoms with van der Waals surface area (Å²) in [6.45, 7) is 14.2. The van der Waals surface area contributed by atoms with Crippen LogP contribution in [0, 0.1) is 33.8 Å². The molecule has 4 aliphatic rings. The van der Waals surface area contributed by atoms with Gasteiger partial charge in [-0.05, 0) is 165 Å². The topological polar surface area (TPSA) is 244 Å². The fourth-order valence-electron chi connectivity index (χ4n) is 10.0. The molecule has 1 N–H and O–H groups in total. The van der Waals surface area contributed by atoms with E-state index in [9.17, 15) is 29.3 Å². The first-order chi connectivity index (χ1) is 37.3. The fraction of sp³-hybridized carbons (Fsp3) is 0.393. The lowest BCUT2D eigenvalue weighted by atomic mass is 10.0. The van der Waals surface area contributed by atoms with Gasteiger partial charge < -0.3 is 33.9 Å². The molecule has 6 heterocycles. The van der Waals surface area contributed by atoms with Gasteiger partial charge in [0.25, 0.3) is 5.69 Å². The Labute approximate surface area is 450 Å². The maximum Gasteiger partial charge on any atom is 0.440 e. The molecule has 22 heteroatoms. The first kappa shape index (κ1) is 54.1. The molecule has 0 bridgehead atoms. The molecule has 22 nitrogen and oxygen atoms in total. The summed E-state index contributed by atoms with van der Waals surface area (Å²) in [5, 5.41) is 30.6. The van der Waals surface area contributed by atoms with E-state index in [1.165, 1.54) is 66.3 Å². The number of carbonyl (C=O) groups is 4. The number of ether oxygens (including phenoxy) is 5. The van der Waals surface area contributed by atoms with E-state index >= 15 is 0 Å². The number of esters is 2. The molecule has 7 aromatic rings. The van der Waals surface area contributed by atoms with E-state index in [1.807, 2.05) is 76.6 Å². The Bertz CT molecular complexity index is 3170. The number of hydrogen-bond acceptors (Lipinski definition) is 16. The van der Waals surface area contributed by atoms with Crippen LogP contribution < -0.4 is 19.5 Å². The van der Waals surface area contributed by atoms with Crippen molar-refractivity contribution in [3.05, 3.63) is 156 Å². The molecule has 78 heavy (non-hydrogen) atoms. The lowest BCUT2D eigenvalue weighted by molar-refractivity contribution is -0.384. The molecule has 4 aromatic heterocycles. The quantitative estimate of drug-likeness (QED) is 0.0764. The molecule has 4 fully saturated rings. The van der Waals surface area contributed by atoms with E-state index in [1.54, 1.807) is 58.6 Å². The van der Waals surface area contributed by atoms with Gasteiger partial charge in [-0.15, -0.1) is 0 Å². The van der Waals surface area contributed by atoms with Gasteiger partial charge in [0.15, 0.2) is 11.4 Å². The Kier molecular flexibility index (Phi) is 16.2. The van der Waals surface area contributed by atoms with Crippen molar-refractivity contribution in [1.29, 1.82) is 0 Å². The van der Waals surface area contributed by atoms with Gasteiger partial charge in [-0.2, -0.15) is 29.8 Å². The number of carbonyl (C=O) groups excluding carboxylic acids is 4. The zero-order valence-electron chi connectivity index (χ0n) is 44.3. The van der Waals surface area contributed by atoms with Gasteiger partial charge in [-0.1, -0.05) is 24.3 Å². The highest BCUT2D eigenvalue weighted by atomic mass is 16.6. The number of para-hydroxylation sites is 4. The number of aromatic nitrogens is 8. The predicted octanol–water partition coefficient (Wildman–Crippen LogP) is 8.82. The fourth-order valence-corrected chi connectivity index (χ4v) is 10.0. The Balaban J connectivity index is 0.000000148. The minimum Gasteiger partial charge on any atom is -0.488 e. The number of likely N-dealkylation sites (tertiary alicyclic amines) is 1. The molecule has 11 rings (SSSR count). The summed E-state index contributed by atoms with van der Waals surface area (Å²) in [4.78, 5) is 60.8. The number of rotatable bonds is 10. The zero-order chi connectivity index (χ0) is 55.1. The van der Waals surface area contributed by atoms with Crippen LogP contribution in [0.5, 0.6) is 17.2 Å². The number of nitro benzene ring substituents is 1. The minimum absolute atomic E-state index is 0.0365. The molecule has 0 radical (unpaired) electrons. The molecule has 3 aromatic carbocycles. The van der Waals surface area contributed by atoms with Gasteiger partial charge in [0.05, 0.1) is 17.1 Å². The normalized spacial score (nSPS) is 20.3. The second-order valence-corrected chi connectivity index (χ2v) is 21.6. The standard InChI is InChI=1S/C25H29N5O4.C16H19N3O.C15H15N3O6/c1-25(2,3)34-23(31)20-9-12-30(27-20)24(32)28-15-17-13-19(14-18(17)16-28)33-22-8-5-4-7-21(22)29-11-6-10-26-29;1-2-5-16(15(4-1)19-7-3-6-18-19)20-14-8-12-10-17-11-13(12)9-14;1-15(2,3)24-13(19)12-8-9-17(16-12)14(20)23-11-6-4-10(5-7-11)18(21)22/h4-12,17-19H,13-16H2,1-3H3;1-7,12-14,17H,8-11H2;4-9H,1-3H3/t17-,18+,19?;12-,13+,14?;. The molecular weight excluding hydrogens is 1000 g/mol. The highest BCUT2D eigenvalue weighted by Crippen LogP contribution is 2.41. The molecule has 2 unspecified atom stereocenters. The maximum absolute atomic E-state index is 13.0. The molecule has 408 valence electrons. The van der Waals surface area contributed by atoms with Gasteiger partial charge in [-0.3, -0.25) is 10.1 Å². The summed E-state index contributed by atoms with van der Waals surface area (Å²) >= 11 is 0. The highest BCUT2D eigenvalue weighted by molar-refractivity contribution is 5.89. The summed E-state index contributed by atoms with van der Waals surface area (Å²) in [7, 11) is 0. The maximum atomic E-state index is 13.0. The average Bonchev–Trinajstić information content (AvgIpc) is 4.26. The van der Waals surface area contributed by atoms with Crippen LogP contribution in [0.1, 0.15) is 88.2 Å². The van der Waals surface area contributed by atoms with Crippen LogP contribution in [0.4, 0.5) is 15.3 Å². The number of nitrogens with zero attached hydrogens (tertiary/aromatic N) is 10. The van der Waals surface area contributed by atoms with Crippen LogP contribution in [0.25, 0.3) is 11.4 Å². The summed E-state index contributed by atoms with van der Waals surface area (Å²) in [5.41, 5.74) is 0.613. The van der Waals surface area contributed by atoms with Crippen molar-refractivity contribution >= 4 is 29.8 Å². The molecule has 2 aliphatic carbocycles. The van der Waals surface area contributed by atoms with Gasteiger partial charge in [-0.25, -0.2) is 28.5 Å². The summed E-state index contributed by atoms with van der Waals surface area (Å²) in [6, 6.07) is 27.5. The van der Waals surface area contributed by atoms with Crippen molar-refractivity contribution in [1.82, 2.24) is 49.3 Å². The van der Waals surface area contributed by atoms with Crippen LogP contribution in [-0.4, -0.2) is 123 Å². The number of hydrogen-bond donors (Lipinski definition) is 1. The van der Waals surface area contributed by atoms with Crippen LogP contribution >= 0.6 is 0 Å². The molecule has 6 atom stereocenters. The second kappa shape index (κ2) is 23.3. The SMILES string of the molecule is CC(C)(C)OC(=O)c1ccn(C(=O)N2C[C@H]3CC(Oc4ccccc4-n4cccn4)C[C@H]3C2)n1.CC(C)(C)OC(=O)c1ccn(C(=O)Oc2ccc([N+](=O)[O-])cc2)n1.c1ccc(-n2cccn2)c(OC2C[C@H]3CNC[C@H]3C2)c1. The van der Waals surface area contributed by atoms with Crippen LogP contribution in [0.2, 0.25) is 0 Å². The van der Waals surface area contributed by atoms with E-state index in [0.29, 0.717) is 31.0 Å². The third-order valence-electron chi connectivity index (χ3n) is 13.4. The molecule has 2 aliphatic heterocycles. The monoisotopic (exact) mass is 1070 g/mol. The zero-order valence-corrected chi connectivity index (χ0v) is 44.3. The average molecular weight is 1070 g/mol. The van der Waals surface area contributed by atoms with Crippen molar-refractivity contribution in [2.24, 2.45) is 23.7 Å². The van der Waals surface area contributed by atoms with E-state index < -0.39 is 34.2 Å². The van der Waals surface area contributed by atoms with E-state index in [4.69, 9.17) is 23.7 Å². The van der Waals surface area contributed by atoms with Crippen molar-refractivity contribution in [3.63, 3.8) is 0 Å². The van der Waals surface area contributed by atoms with E-state index in [-0.39, 0.29) is 35.0 Å². The van der Waals surface area contributed by atoms with Crippen molar-refractivity contribution in [2.45, 2.75) is 90.6 Å². The first-order valence-corrected chi connectivity index (χ1v) is 25.9. The number of benzene rings is 3. The van der Waals surface area contributed by atoms with Gasteiger partial charge >= 0.3 is 24.1 Å². The van der Waals surface area contributed by atoms with Crippen molar-refractivity contribution < 1.29 is 47.8 Å². The van der Waals surface area contributed by atoms with E-state index in [2.05, 4.69) is 31.8 Å². The Morgan fingerprint density at radius 2 is 1.05 bits per heavy atom. The lowest BCUT2D eigenvalue weighted by Crippen LogP contribution is -2.35. The second-order valence-electron chi connectivity index (χ2n) is 21.6. The minimum atomic E-state index is -0.862. The van der Waals surface area contributed by atoms with Gasteiger partial charge in [0.2, 0.25) is 0 Å². The number of non-ortho nitro benzene ring substituents is 1. The number of fused-ring (bicyclic) bond motifs is 2. The van der Waals surface area contributed by atoms with Crippen LogP contribution in [0.3, 0.4) is 0 Å². The Morgan fingerprint density at radius 1 is 0.590 bits per heavy atom. The third kappa shape index (κ3) is 13.7. The molecule has 2 saturated heterocycles. The predicted molar refractivity (Wildman–Crippen MR) is 283 cm³/mol. The van der Waals surface area contributed by atoms with Crippen LogP contribution in [0.15, 0.2) is 134 Å². The highest BCUT2D eigenvalue weighted by Gasteiger charge is 2.44. The third-order valence-corrected chi connectivity index (χ3v) is 13.4. The molecule has 1 amide bonds. The summed E-state index contributed by atoms with van der Waals surface area (Å²) in [5.74, 6) is 3.04. The molecular formula is C56H63N11O11. The molecule has 0 spiro atoms. The van der Waals surface area contributed by atoms with E-state index in [0.717, 1.165) is 65.3 Å². The van der Waals surface area contributed by atoms with Crippen molar-refractivity contribution in [2.75, 3.05) is 26.2 Å². The largest absolute Gasteiger partial charge is 0.488 e. The number of nitrogens with one attached hydrogen (secondary N) is 1. The van der Waals surface area contributed by atoms with Crippen molar-refractivity contribution in [3.8, 4) is 28.6 Å². The smallest absolute Gasteiger partial charge is 0.440 e.